The minimum absolute atomic E-state index is 0.136. The van der Waals surface area contributed by atoms with E-state index < -0.39 is 0 Å². The molecule has 3 rings (SSSR count). The summed E-state index contributed by atoms with van der Waals surface area (Å²) in [6.45, 7) is 5.54. The molecule has 4 nitrogen and oxygen atoms in total. The summed E-state index contributed by atoms with van der Waals surface area (Å²) in [6.07, 6.45) is 1.22. The van der Waals surface area contributed by atoms with Crippen LogP contribution >= 0.6 is 0 Å². The lowest BCUT2D eigenvalue weighted by molar-refractivity contribution is -0.0918. The molecule has 0 unspecified atom stereocenters. The van der Waals surface area contributed by atoms with Crippen LogP contribution in [0.1, 0.15) is 20.3 Å². The first-order valence-electron chi connectivity index (χ1n) is 8.67. The van der Waals surface area contributed by atoms with Crippen molar-refractivity contribution in [1.29, 1.82) is 0 Å². The van der Waals surface area contributed by atoms with Crippen LogP contribution < -0.4 is 10.4 Å². The van der Waals surface area contributed by atoms with Gasteiger partial charge in [0, 0.05) is 6.61 Å². The van der Waals surface area contributed by atoms with Crippen LogP contribution in [0.2, 0.25) is 0 Å². The number of benzene rings is 2. The summed E-state index contributed by atoms with van der Waals surface area (Å²) in [6, 6.07) is 20.9. The van der Waals surface area contributed by atoms with E-state index in [4.69, 9.17) is 9.47 Å². The molecule has 1 aliphatic heterocycles. The van der Waals surface area contributed by atoms with E-state index in [-0.39, 0.29) is 18.2 Å². The maximum Gasteiger partial charge on any atom is 0.0825 e. The molecular formula is C20H26N2O2. The van der Waals surface area contributed by atoms with Gasteiger partial charge in [-0.25, -0.2) is 5.43 Å². The monoisotopic (exact) mass is 326 g/mol. The Bertz CT molecular complexity index is 566. The van der Waals surface area contributed by atoms with Crippen molar-refractivity contribution in [3.63, 3.8) is 0 Å². The SMILES string of the molecule is CCO[C@@H]1CO[C@@H](C)[C@H](NN(c2ccccc2)c2ccccc2)C1. The first kappa shape index (κ1) is 17.0. The quantitative estimate of drug-likeness (QED) is 0.816. The number of hydrogen-bond acceptors (Lipinski definition) is 4. The number of ether oxygens (including phenoxy) is 2. The maximum atomic E-state index is 5.91. The normalized spacial score (nSPS) is 23.8. The van der Waals surface area contributed by atoms with Gasteiger partial charge in [-0.3, -0.25) is 5.01 Å². The van der Waals surface area contributed by atoms with Crippen molar-refractivity contribution in [3.05, 3.63) is 60.7 Å². The van der Waals surface area contributed by atoms with Crippen molar-refractivity contribution < 1.29 is 9.47 Å². The Morgan fingerprint density at radius 3 is 2.17 bits per heavy atom. The van der Waals surface area contributed by atoms with Crippen molar-refractivity contribution in [2.24, 2.45) is 0 Å². The maximum absolute atomic E-state index is 5.91. The first-order valence-corrected chi connectivity index (χ1v) is 8.67. The molecule has 0 aliphatic carbocycles. The Morgan fingerprint density at radius 1 is 1.04 bits per heavy atom. The van der Waals surface area contributed by atoms with E-state index in [2.05, 4.69) is 65.9 Å². The van der Waals surface area contributed by atoms with E-state index in [9.17, 15) is 0 Å². The Hall–Kier alpha value is -1.88. The van der Waals surface area contributed by atoms with Gasteiger partial charge in [0.2, 0.25) is 0 Å². The van der Waals surface area contributed by atoms with Crippen molar-refractivity contribution in [2.45, 2.75) is 38.5 Å². The third kappa shape index (κ3) is 4.15. The van der Waals surface area contributed by atoms with Crippen molar-refractivity contribution in [3.8, 4) is 0 Å². The second kappa shape index (κ2) is 8.29. The zero-order valence-electron chi connectivity index (χ0n) is 14.4. The topological polar surface area (TPSA) is 33.7 Å². The summed E-state index contributed by atoms with van der Waals surface area (Å²) in [5, 5.41) is 2.14. The minimum Gasteiger partial charge on any atom is -0.376 e. The van der Waals surface area contributed by atoms with E-state index in [0.29, 0.717) is 6.61 Å². The third-order valence-electron chi connectivity index (χ3n) is 4.35. The molecule has 0 aromatic heterocycles. The standard InChI is InChI=1S/C20H26N2O2/c1-3-23-19-14-20(16(2)24-15-19)21-22(17-10-6-4-7-11-17)18-12-8-5-9-13-18/h4-13,16,19-21H,3,14-15H2,1-2H3/t16-,19-,20+/m0/s1. The average molecular weight is 326 g/mol. The van der Waals surface area contributed by atoms with Crippen LogP contribution in [0, 0.1) is 0 Å². The predicted molar refractivity (Wildman–Crippen MR) is 97.4 cm³/mol. The van der Waals surface area contributed by atoms with E-state index in [1.165, 1.54) is 0 Å². The number of nitrogens with one attached hydrogen (secondary N) is 1. The highest BCUT2D eigenvalue weighted by atomic mass is 16.5. The molecule has 24 heavy (non-hydrogen) atoms. The highest BCUT2D eigenvalue weighted by Gasteiger charge is 2.30. The van der Waals surface area contributed by atoms with Crippen LogP contribution in [0.4, 0.5) is 11.4 Å². The molecular weight excluding hydrogens is 300 g/mol. The number of rotatable bonds is 6. The van der Waals surface area contributed by atoms with Crippen LogP contribution in [-0.2, 0) is 9.47 Å². The van der Waals surface area contributed by atoms with Crippen molar-refractivity contribution >= 4 is 11.4 Å². The summed E-state index contributed by atoms with van der Waals surface area (Å²) >= 11 is 0. The largest absolute Gasteiger partial charge is 0.376 e. The summed E-state index contributed by atoms with van der Waals surface area (Å²) in [5.41, 5.74) is 5.87. The zero-order chi connectivity index (χ0) is 16.8. The number of para-hydroxylation sites is 2. The highest BCUT2D eigenvalue weighted by Crippen LogP contribution is 2.25. The second-order valence-corrected chi connectivity index (χ2v) is 6.09. The number of hydrogen-bond donors (Lipinski definition) is 1. The van der Waals surface area contributed by atoms with Crippen LogP contribution in [0.15, 0.2) is 60.7 Å². The van der Waals surface area contributed by atoms with Gasteiger partial charge in [-0.05, 0) is 44.5 Å². The van der Waals surface area contributed by atoms with E-state index in [0.717, 1.165) is 24.4 Å². The Morgan fingerprint density at radius 2 is 1.62 bits per heavy atom. The molecule has 1 saturated heterocycles. The minimum atomic E-state index is 0.136. The summed E-state index contributed by atoms with van der Waals surface area (Å²) in [7, 11) is 0. The molecule has 4 heteroatoms. The number of nitrogens with zero attached hydrogens (tertiary/aromatic N) is 1. The molecule has 1 heterocycles. The van der Waals surface area contributed by atoms with Gasteiger partial charge in [0.1, 0.15) is 0 Å². The molecule has 0 saturated carbocycles. The zero-order valence-corrected chi connectivity index (χ0v) is 14.4. The predicted octanol–water partition coefficient (Wildman–Crippen LogP) is 3.91. The van der Waals surface area contributed by atoms with Gasteiger partial charge < -0.3 is 9.47 Å². The molecule has 3 atom stereocenters. The van der Waals surface area contributed by atoms with E-state index in [1.807, 2.05) is 19.1 Å². The smallest absolute Gasteiger partial charge is 0.0825 e. The van der Waals surface area contributed by atoms with Crippen LogP contribution in [0.5, 0.6) is 0 Å². The summed E-state index contributed by atoms with van der Waals surface area (Å²) in [4.78, 5) is 0. The summed E-state index contributed by atoms with van der Waals surface area (Å²) in [5.74, 6) is 0. The van der Waals surface area contributed by atoms with Crippen LogP contribution in [-0.4, -0.2) is 31.5 Å². The first-order chi connectivity index (χ1) is 11.8. The Balaban J connectivity index is 1.81. The van der Waals surface area contributed by atoms with Gasteiger partial charge in [-0.1, -0.05) is 36.4 Å². The van der Waals surface area contributed by atoms with Crippen molar-refractivity contribution in [1.82, 2.24) is 5.43 Å². The van der Waals surface area contributed by atoms with Gasteiger partial charge in [-0.2, -0.15) is 0 Å². The molecule has 128 valence electrons. The molecule has 1 aliphatic rings. The number of hydrazine groups is 1. The van der Waals surface area contributed by atoms with Crippen molar-refractivity contribution in [2.75, 3.05) is 18.2 Å². The fourth-order valence-electron chi connectivity index (χ4n) is 3.05. The Kier molecular flexibility index (Phi) is 5.86. The summed E-state index contributed by atoms with van der Waals surface area (Å²) < 4.78 is 11.7. The highest BCUT2D eigenvalue weighted by molar-refractivity contribution is 5.61. The lowest BCUT2D eigenvalue weighted by atomic mass is 10.0. The Labute approximate surface area is 144 Å². The van der Waals surface area contributed by atoms with E-state index >= 15 is 0 Å². The molecule has 0 radical (unpaired) electrons. The molecule has 0 amide bonds. The molecule has 2 aromatic carbocycles. The average Bonchev–Trinajstić information content (AvgIpc) is 2.64. The molecule has 2 aromatic rings. The van der Waals surface area contributed by atoms with Crippen LogP contribution in [0.3, 0.4) is 0 Å². The van der Waals surface area contributed by atoms with Gasteiger partial charge in [0.15, 0.2) is 0 Å². The fraction of sp³-hybridized carbons (Fsp3) is 0.400. The van der Waals surface area contributed by atoms with Gasteiger partial charge in [-0.15, -0.1) is 0 Å². The third-order valence-corrected chi connectivity index (χ3v) is 4.35. The lowest BCUT2D eigenvalue weighted by Crippen LogP contribution is -2.53. The lowest BCUT2D eigenvalue weighted by Gasteiger charge is -2.38. The fourth-order valence-corrected chi connectivity index (χ4v) is 3.05. The van der Waals surface area contributed by atoms with E-state index in [1.54, 1.807) is 0 Å². The number of anilines is 2. The second-order valence-electron chi connectivity index (χ2n) is 6.09. The molecule has 0 bridgehead atoms. The van der Waals surface area contributed by atoms with Gasteiger partial charge in [0.25, 0.3) is 0 Å². The van der Waals surface area contributed by atoms with Gasteiger partial charge >= 0.3 is 0 Å². The molecule has 0 spiro atoms. The van der Waals surface area contributed by atoms with Gasteiger partial charge in [0.05, 0.1) is 36.2 Å². The molecule has 1 N–H and O–H groups in total. The molecule has 1 fully saturated rings. The van der Waals surface area contributed by atoms with Crippen LogP contribution in [0.25, 0.3) is 0 Å².